The molecule has 9 heteroatoms. The van der Waals surface area contributed by atoms with Gasteiger partial charge in [-0.05, 0) is 55.0 Å². The summed E-state index contributed by atoms with van der Waals surface area (Å²) in [5.74, 6) is 0.522. The van der Waals surface area contributed by atoms with E-state index in [0.717, 1.165) is 30.2 Å². The Hall–Kier alpha value is -2.94. The van der Waals surface area contributed by atoms with Crippen molar-refractivity contribution < 1.29 is 13.2 Å². The standard InChI is InChI=1S/C19H21N5O3S/c1-11-4-7-17(21-10-11)24-18(19(25)20-2)14-8-13(12-5-6-12)16(9-15(14)22-24)23-28(3,26)27/h4,7-10,12,23H,5-6H2,1-3H3,(H,20,25). The highest BCUT2D eigenvalue weighted by Crippen LogP contribution is 2.45. The zero-order chi connectivity index (χ0) is 20.1. The van der Waals surface area contributed by atoms with E-state index >= 15 is 0 Å². The van der Waals surface area contributed by atoms with Gasteiger partial charge in [0.15, 0.2) is 5.82 Å². The largest absolute Gasteiger partial charge is 0.354 e. The summed E-state index contributed by atoms with van der Waals surface area (Å²) in [4.78, 5) is 17.0. The van der Waals surface area contributed by atoms with Crippen molar-refractivity contribution in [3.63, 3.8) is 0 Å². The molecule has 1 aliphatic carbocycles. The van der Waals surface area contributed by atoms with Crippen molar-refractivity contribution in [2.45, 2.75) is 25.7 Å². The number of anilines is 1. The van der Waals surface area contributed by atoms with Crippen LogP contribution in [0.1, 0.15) is 40.4 Å². The predicted octanol–water partition coefficient (Wildman–Crippen LogP) is 2.34. The van der Waals surface area contributed by atoms with Crippen LogP contribution in [0.3, 0.4) is 0 Å². The first-order chi connectivity index (χ1) is 13.3. The molecule has 0 radical (unpaired) electrons. The zero-order valence-electron chi connectivity index (χ0n) is 15.9. The average Bonchev–Trinajstić information content (AvgIpc) is 3.41. The van der Waals surface area contributed by atoms with Gasteiger partial charge >= 0.3 is 0 Å². The molecule has 146 valence electrons. The molecule has 1 amide bonds. The molecule has 0 atom stereocenters. The molecule has 8 nitrogen and oxygen atoms in total. The van der Waals surface area contributed by atoms with Crippen LogP contribution in [0.4, 0.5) is 5.69 Å². The highest BCUT2D eigenvalue weighted by molar-refractivity contribution is 7.92. The van der Waals surface area contributed by atoms with Gasteiger partial charge in [0.25, 0.3) is 5.91 Å². The minimum Gasteiger partial charge on any atom is -0.354 e. The predicted molar refractivity (Wildman–Crippen MR) is 107 cm³/mol. The Bertz CT molecular complexity index is 1180. The fourth-order valence-electron chi connectivity index (χ4n) is 3.26. The average molecular weight is 399 g/mol. The van der Waals surface area contributed by atoms with E-state index in [-0.39, 0.29) is 11.8 Å². The van der Waals surface area contributed by atoms with Crippen molar-refractivity contribution in [2.24, 2.45) is 0 Å². The first-order valence-electron chi connectivity index (χ1n) is 8.96. The van der Waals surface area contributed by atoms with E-state index < -0.39 is 10.0 Å². The molecule has 3 aromatic rings. The van der Waals surface area contributed by atoms with Gasteiger partial charge in [0, 0.05) is 18.6 Å². The number of hydrogen-bond acceptors (Lipinski definition) is 5. The van der Waals surface area contributed by atoms with Gasteiger partial charge < -0.3 is 5.32 Å². The maximum atomic E-state index is 12.6. The summed E-state index contributed by atoms with van der Waals surface area (Å²) < 4.78 is 27.7. The summed E-state index contributed by atoms with van der Waals surface area (Å²) in [6.45, 7) is 1.93. The number of rotatable bonds is 5. The number of fused-ring (bicyclic) bond motifs is 1. The normalized spacial score (nSPS) is 14.2. The topological polar surface area (TPSA) is 106 Å². The molecule has 2 aromatic heterocycles. The lowest BCUT2D eigenvalue weighted by Crippen LogP contribution is -2.22. The van der Waals surface area contributed by atoms with Crippen molar-refractivity contribution in [1.29, 1.82) is 0 Å². The molecular weight excluding hydrogens is 378 g/mol. The second kappa shape index (κ2) is 6.59. The van der Waals surface area contributed by atoms with Crippen molar-refractivity contribution >= 4 is 32.5 Å². The highest BCUT2D eigenvalue weighted by atomic mass is 32.2. The van der Waals surface area contributed by atoms with E-state index in [1.807, 2.05) is 19.1 Å². The van der Waals surface area contributed by atoms with E-state index in [4.69, 9.17) is 0 Å². The number of pyridine rings is 1. The summed E-state index contributed by atoms with van der Waals surface area (Å²) in [5.41, 5.74) is 3.30. The Balaban J connectivity index is 1.97. The van der Waals surface area contributed by atoms with Gasteiger partial charge in [0.1, 0.15) is 5.69 Å². The third kappa shape index (κ3) is 3.45. The number of nitrogens with zero attached hydrogens (tertiary/aromatic N) is 3. The Morgan fingerprint density at radius 1 is 1.25 bits per heavy atom. The molecule has 1 aromatic carbocycles. The quantitative estimate of drug-likeness (QED) is 0.685. The number of carbonyl (C=O) groups excluding carboxylic acids is 1. The molecule has 0 bridgehead atoms. The van der Waals surface area contributed by atoms with Gasteiger partial charge in [-0.2, -0.15) is 5.10 Å². The lowest BCUT2D eigenvalue weighted by Gasteiger charge is -2.10. The summed E-state index contributed by atoms with van der Waals surface area (Å²) in [7, 11) is -1.87. The Labute approximate surface area is 163 Å². The van der Waals surface area contributed by atoms with Gasteiger partial charge in [0.2, 0.25) is 10.0 Å². The van der Waals surface area contributed by atoms with E-state index in [1.165, 1.54) is 4.68 Å². The Morgan fingerprint density at radius 2 is 2.00 bits per heavy atom. The number of carbonyl (C=O) groups is 1. The van der Waals surface area contributed by atoms with Crippen molar-refractivity contribution in [1.82, 2.24) is 20.1 Å². The van der Waals surface area contributed by atoms with E-state index in [2.05, 4.69) is 20.1 Å². The van der Waals surface area contributed by atoms with Crippen LogP contribution in [0.5, 0.6) is 0 Å². The molecule has 28 heavy (non-hydrogen) atoms. The molecule has 0 unspecified atom stereocenters. The third-order valence-electron chi connectivity index (χ3n) is 4.71. The van der Waals surface area contributed by atoms with Crippen LogP contribution >= 0.6 is 0 Å². The highest BCUT2D eigenvalue weighted by Gasteiger charge is 2.29. The molecule has 0 spiro atoms. The number of nitrogens with one attached hydrogen (secondary N) is 2. The van der Waals surface area contributed by atoms with Crippen LogP contribution in [0, 0.1) is 6.92 Å². The molecule has 0 aliphatic heterocycles. The number of sulfonamides is 1. The first-order valence-corrected chi connectivity index (χ1v) is 10.9. The van der Waals surface area contributed by atoms with Crippen LogP contribution in [0.25, 0.3) is 16.7 Å². The molecule has 1 fully saturated rings. The fourth-order valence-corrected chi connectivity index (χ4v) is 3.83. The summed E-state index contributed by atoms with van der Waals surface area (Å²) in [5, 5.41) is 7.88. The number of benzene rings is 1. The second-order valence-corrected chi connectivity index (χ2v) is 8.89. The van der Waals surface area contributed by atoms with Gasteiger partial charge in [-0.15, -0.1) is 0 Å². The zero-order valence-corrected chi connectivity index (χ0v) is 16.7. The SMILES string of the molecule is CNC(=O)c1c2cc(C3CC3)c(NS(C)(=O)=O)cc2nn1-c1ccc(C)cn1. The maximum Gasteiger partial charge on any atom is 0.270 e. The molecule has 0 saturated heterocycles. The second-order valence-electron chi connectivity index (χ2n) is 7.14. The van der Waals surface area contributed by atoms with E-state index in [9.17, 15) is 13.2 Å². The Morgan fingerprint density at radius 3 is 2.57 bits per heavy atom. The van der Waals surface area contributed by atoms with Crippen molar-refractivity contribution in [3.8, 4) is 5.82 Å². The number of aromatic nitrogens is 3. The summed E-state index contributed by atoms with van der Waals surface area (Å²) in [6.07, 6.45) is 4.82. The maximum absolute atomic E-state index is 12.6. The fraction of sp³-hybridized carbons (Fsp3) is 0.316. The summed E-state index contributed by atoms with van der Waals surface area (Å²) in [6, 6.07) is 7.27. The minimum atomic E-state index is -3.43. The van der Waals surface area contributed by atoms with Crippen LogP contribution < -0.4 is 10.0 Å². The minimum absolute atomic E-state index is 0.282. The van der Waals surface area contributed by atoms with Crippen molar-refractivity contribution in [3.05, 3.63) is 47.3 Å². The smallest absolute Gasteiger partial charge is 0.270 e. The molecule has 4 rings (SSSR count). The number of hydrogen-bond donors (Lipinski definition) is 2. The van der Waals surface area contributed by atoms with Crippen LogP contribution in [0.2, 0.25) is 0 Å². The lowest BCUT2D eigenvalue weighted by atomic mass is 10.0. The molecule has 1 saturated carbocycles. The monoisotopic (exact) mass is 399 g/mol. The van der Waals surface area contributed by atoms with Gasteiger partial charge in [-0.3, -0.25) is 9.52 Å². The first kappa shape index (κ1) is 18.4. The van der Waals surface area contributed by atoms with Crippen LogP contribution in [-0.2, 0) is 10.0 Å². The molecular formula is C19H21N5O3S. The van der Waals surface area contributed by atoms with E-state index in [0.29, 0.717) is 28.1 Å². The lowest BCUT2D eigenvalue weighted by molar-refractivity contribution is 0.0957. The molecule has 1 aliphatic rings. The molecule has 2 N–H and O–H groups in total. The van der Waals surface area contributed by atoms with Crippen LogP contribution in [-0.4, -0.2) is 42.4 Å². The Kier molecular flexibility index (Phi) is 4.34. The van der Waals surface area contributed by atoms with E-state index in [1.54, 1.807) is 25.4 Å². The molecule has 2 heterocycles. The van der Waals surface area contributed by atoms with Gasteiger partial charge in [-0.1, -0.05) is 6.07 Å². The van der Waals surface area contributed by atoms with Gasteiger partial charge in [0.05, 0.1) is 17.5 Å². The number of aryl methyl sites for hydroxylation is 1. The van der Waals surface area contributed by atoms with Crippen LogP contribution in [0.15, 0.2) is 30.5 Å². The summed E-state index contributed by atoms with van der Waals surface area (Å²) >= 11 is 0. The van der Waals surface area contributed by atoms with Crippen molar-refractivity contribution in [2.75, 3.05) is 18.0 Å². The van der Waals surface area contributed by atoms with Gasteiger partial charge in [-0.25, -0.2) is 18.1 Å². The third-order valence-corrected chi connectivity index (χ3v) is 5.30. The number of amides is 1.